The third-order valence-electron chi connectivity index (χ3n) is 6.08. The Bertz CT molecular complexity index is 1440. The number of aromatic nitrogens is 4. The Morgan fingerprint density at radius 2 is 1.94 bits per heavy atom. The van der Waals surface area contributed by atoms with E-state index in [9.17, 15) is 13.2 Å². The van der Waals surface area contributed by atoms with E-state index < -0.39 is 9.84 Å². The number of ketones is 1. The highest BCUT2D eigenvalue weighted by molar-refractivity contribution is 7.99. The minimum absolute atomic E-state index is 0.0348. The molecule has 0 bridgehead atoms. The topological polar surface area (TPSA) is 100.0 Å². The number of para-hydroxylation sites is 1. The lowest BCUT2D eigenvalue weighted by Crippen LogP contribution is -2.14. The van der Waals surface area contributed by atoms with Crippen LogP contribution in [0.2, 0.25) is 0 Å². The summed E-state index contributed by atoms with van der Waals surface area (Å²) in [6.07, 6.45) is 2.16. The number of hydrogen-bond donors (Lipinski definition) is 0. The van der Waals surface area contributed by atoms with E-state index in [0.29, 0.717) is 28.7 Å². The normalized spacial score (nSPS) is 17.3. The van der Waals surface area contributed by atoms with E-state index in [1.807, 2.05) is 65.4 Å². The van der Waals surface area contributed by atoms with E-state index in [-0.39, 0.29) is 29.1 Å². The number of carbonyl (C=O) groups is 1. The number of sulfone groups is 1. The second-order valence-corrected chi connectivity index (χ2v) is 11.5. The standard InChI is InChI=1S/C24H24N4O4S2/c1-16-13-20(17(2)27(16)19-10-12-34(30,31)15-19)21(29)14-33-24-26-25-23(22-9-6-11-32-22)28(24)18-7-4-3-5-8-18/h3-9,11,13,19H,10,12,14-15H2,1-2H3/t19-/m1/s1. The summed E-state index contributed by atoms with van der Waals surface area (Å²) in [7, 11) is -3.02. The zero-order valence-corrected chi connectivity index (χ0v) is 20.5. The largest absolute Gasteiger partial charge is 0.461 e. The lowest BCUT2D eigenvalue weighted by Gasteiger charge is -2.16. The van der Waals surface area contributed by atoms with Crippen LogP contribution in [0.4, 0.5) is 0 Å². The molecule has 1 atom stereocenters. The van der Waals surface area contributed by atoms with Crippen molar-refractivity contribution in [3.63, 3.8) is 0 Å². The number of nitrogens with zero attached hydrogens (tertiary/aromatic N) is 4. The molecule has 0 spiro atoms. The summed E-state index contributed by atoms with van der Waals surface area (Å²) in [6.45, 7) is 3.81. The highest BCUT2D eigenvalue weighted by Gasteiger charge is 2.31. The first kappa shape index (κ1) is 22.7. The fourth-order valence-corrected chi connectivity index (χ4v) is 7.08. The highest BCUT2D eigenvalue weighted by Crippen LogP contribution is 2.31. The molecule has 8 nitrogen and oxygen atoms in total. The Kier molecular flexibility index (Phi) is 5.95. The van der Waals surface area contributed by atoms with Crippen molar-refractivity contribution in [1.29, 1.82) is 0 Å². The van der Waals surface area contributed by atoms with Gasteiger partial charge < -0.3 is 8.98 Å². The first-order chi connectivity index (χ1) is 16.3. The maximum Gasteiger partial charge on any atom is 0.205 e. The van der Waals surface area contributed by atoms with Gasteiger partial charge in [-0.05, 0) is 50.6 Å². The highest BCUT2D eigenvalue weighted by atomic mass is 32.2. The van der Waals surface area contributed by atoms with Gasteiger partial charge in [-0.3, -0.25) is 9.36 Å². The van der Waals surface area contributed by atoms with Crippen molar-refractivity contribution < 1.29 is 17.6 Å². The minimum atomic E-state index is -3.02. The molecule has 3 aromatic heterocycles. The first-order valence-corrected chi connectivity index (χ1v) is 13.7. The van der Waals surface area contributed by atoms with Gasteiger partial charge in [0.15, 0.2) is 26.5 Å². The molecule has 4 heterocycles. The second kappa shape index (κ2) is 8.92. The SMILES string of the molecule is Cc1cc(C(=O)CSc2nnc(-c3ccco3)n2-c2ccccc2)c(C)n1[C@@H]1CCS(=O)(=O)C1. The Hall–Kier alpha value is -3.11. The molecule has 10 heteroatoms. The molecule has 0 unspecified atom stereocenters. The maximum atomic E-state index is 13.2. The van der Waals surface area contributed by atoms with Crippen molar-refractivity contribution in [1.82, 2.24) is 19.3 Å². The number of rotatable bonds is 7. The van der Waals surface area contributed by atoms with Gasteiger partial charge in [0.05, 0.1) is 23.5 Å². The van der Waals surface area contributed by atoms with Gasteiger partial charge in [0.25, 0.3) is 0 Å². The van der Waals surface area contributed by atoms with Crippen LogP contribution in [0.25, 0.3) is 17.3 Å². The molecule has 0 amide bonds. The number of thioether (sulfide) groups is 1. The fourth-order valence-electron chi connectivity index (χ4n) is 4.55. The molecular formula is C24H24N4O4S2. The van der Waals surface area contributed by atoms with Crippen molar-refractivity contribution >= 4 is 27.4 Å². The van der Waals surface area contributed by atoms with E-state index in [4.69, 9.17) is 4.42 Å². The van der Waals surface area contributed by atoms with Gasteiger partial charge in [-0.2, -0.15) is 0 Å². The van der Waals surface area contributed by atoms with Gasteiger partial charge in [0.1, 0.15) is 0 Å². The molecule has 1 fully saturated rings. The van der Waals surface area contributed by atoms with Crippen LogP contribution in [0.1, 0.15) is 34.2 Å². The van der Waals surface area contributed by atoms with Crippen molar-refractivity contribution in [2.75, 3.05) is 17.3 Å². The van der Waals surface area contributed by atoms with E-state index >= 15 is 0 Å². The fraction of sp³-hybridized carbons (Fsp3) is 0.292. The van der Waals surface area contributed by atoms with Crippen LogP contribution in [0, 0.1) is 13.8 Å². The lowest BCUT2D eigenvalue weighted by atomic mass is 10.2. The molecule has 0 saturated carbocycles. The quantitative estimate of drug-likeness (QED) is 0.278. The van der Waals surface area contributed by atoms with Crippen LogP contribution < -0.4 is 0 Å². The van der Waals surface area contributed by atoms with Crippen LogP contribution >= 0.6 is 11.8 Å². The van der Waals surface area contributed by atoms with Crippen molar-refractivity contribution in [2.45, 2.75) is 31.5 Å². The Balaban J connectivity index is 1.40. The second-order valence-electron chi connectivity index (χ2n) is 8.38. The van der Waals surface area contributed by atoms with Crippen molar-refractivity contribution in [3.8, 4) is 17.3 Å². The molecule has 1 aromatic carbocycles. The number of furan rings is 1. The lowest BCUT2D eigenvalue weighted by molar-refractivity contribution is 0.102. The molecular weight excluding hydrogens is 472 g/mol. The molecule has 0 N–H and O–H groups in total. The third kappa shape index (κ3) is 4.23. The molecule has 1 aliphatic rings. The summed E-state index contributed by atoms with van der Waals surface area (Å²) < 4.78 is 33.4. The number of benzene rings is 1. The van der Waals surface area contributed by atoms with Crippen LogP contribution in [0.3, 0.4) is 0 Å². The smallest absolute Gasteiger partial charge is 0.205 e. The molecule has 0 aliphatic carbocycles. The van der Waals surface area contributed by atoms with E-state index in [2.05, 4.69) is 10.2 Å². The molecule has 34 heavy (non-hydrogen) atoms. The first-order valence-electron chi connectivity index (χ1n) is 10.9. The zero-order chi connectivity index (χ0) is 23.9. The van der Waals surface area contributed by atoms with Gasteiger partial charge in [-0.1, -0.05) is 30.0 Å². The zero-order valence-electron chi connectivity index (χ0n) is 18.8. The average molecular weight is 497 g/mol. The summed E-state index contributed by atoms with van der Waals surface area (Å²) in [4.78, 5) is 13.2. The van der Waals surface area contributed by atoms with Crippen LogP contribution in [0.5, 0.6) is 0 Å². The van der Waals surface area contributed by atoms with Gasteiger partial charge in [0, 0.05) is 28.7 Å². The maximum absolute atomic E-state index is 13.2. The van der Waals surface area contributed by atoms with Crippen LogP contribution in [0.15, 0.2) is 64.4 Å². The number of carbonyl (C=O) groups excluding carboxylic acids is 1. The summed E-state index contributed by atoms with van der Waals surface area (Å²) in [6, 6.07) is 15.0. The number of Topliss-reactive ketones (excluding diaryl/α,β-unsaturated/α-hetero) is 1. The minimum Gasteiger partial charge on any atom is -0.461 e. The predicted octanol–water partition coefficient (Wildman–Crippen LogP) is 4.28. The molecule has 1 aliphatic heterocycles. The van der Waals surface area contributed by atoms with Crippen molar-refractivity contribution in [2.24, 2.45) is 0 Å². The summed E-state index contributed by atoms with van der Waals surface area (Å²) in [5.41, 5.74) is 3.20. The number of aryl methyl sites for hydroxylation is 1. The van der Waals surface area contributed by atoms with E-state index in [1.165, 1.54) is 11.8 Å². The summed E-state index contributed by atoms with van der Waals surface area (Å²) in [5.74, 6) is 1.61. The van der Waals surface area contributed by atoms with E-state index in [0.717, 1.165) is 17.1 Å². The van der Waals surface area contributed by atoms with Crippen LogP contribution in [-0.4, -0.2) is 50.8 Å². The van der Waals surface area contributed by atoms with Gasteiger partial charge >= 0.3 is 0 Å². The Labute approximate surface area is 201 Å². The third-order valence-corrected chi connectivity index (χ3v) is 8.76. The van der Waals surface area contributed by atoms with Crippen molar-refractivity contribution in [3.05, 3.63) is 71.7 Å². The predicted molar refractivity (Wildman–Crippen MR) is 130 cm³/mol. The summed E-state index contributed by atoms with van der Waals surface area (Å²) in [5, 5.41) is 9.23. The summed E-state index contributed by atoms with van der Waals surface area (Å²) >= 11 is 1.31. The van der Waals surface area contributed by atoms with Crippen LogP contribution in [-0.2, 0) is 9.84 Å². The van der Waals surface area contributed by atoms with Gasteiger partial charge in [0.2, 0.25) is 5.82 Å². The molecule has 4 aromatic rings. The van der Waals surface area contributed by atoms with Gasteiger partial charge in [-0.15, -0.1) is 10.2 Å². The Morgan fingerprint density at radius 3 is 2.62 bits per heavy atom. The monoisotopic (exact) mass is 496 g/mol. The Morgan fingerprint density at radius 1 is 1.15 bits per heavy atom. The van der Waals surface area contributed by atoms with Gasteiger partial charge in [-0.25, -0.2) is 8.42 Å². The average Bonchev–Trinajstić information content (AvgIpc) is 3.59. The molecule has 176 valence electrons. The molecule has 5 rings (SSSR count). The molecule has 0 radical (unpaired) electrons. The number of hydrogen-bond acceptors (Lipinski definition) is 7. The van der Waals surface area contributed by atoms with E-state index in [1.54, 1.807) is 12.3 Å². The molecule has 1 saturated heterocycles.